The van der Waals surface area contributed by atoms with E-state index in [4.69, 9.17) is 0 Å². The van der Waals surface area contributed by atoms with Crippen molar-refractivity contribution in [1.82, 2.24) is 9.78 Å². The zero-order chi connectivity index (χ0) is 12.4. The predicted octanol–water partition coefficient (Wildman–Crippen LogP) is 2.56. The molecule has 1 aromatic carbocycles. The molecule has 2 rings (SSSR count). The third-order valence-corrected chi connectivity index (χ3v) is 2.73. The lowest BCUT2D eigenvalue weighted by Gasteiger charge is -2.04. The van der Waals surface area contributed by atoms with Gasteiger partial charge in [-0.1, -0.05) is 19.1 Å². The zero-order valence-electron chi connectivity index (χ0n) is 9.75. The average molecular weight is 231 g/mol. The number of rotatable bonds is 3. The third kappa shape index (κ3) is 2.04. The SMILES string of the molecule is CCc1cnn(C)c1-c1cccc([N+](=O)[O-])c1. The summed E-state index contributed by atoms with van der Waals surface area (Å²) >= 11 is 0. The maximum atomic E-state index is 10.7. The molecular weight excluding hydrogens is 218 g/mol. The van der Waals surface area contributed by atoms with Gasteiger partial charge in [-0.3, -0.25) is 14.8 Å². The summed E-state index contributed by atoms with van der Waals surface area (Å²) in [6, 6.07) is 6.63. The topological polar surface area (TPSA) is 61.0 Å². The van der Waals surface area contributed by atoms with Crippen molar-refractivity contribution in [2.75, 3.05) is 0 Å². The largest absolute Gasteiger partial charge is 0.270 e. The normalized spacial score (nSPS) is 10.5. The second kappa shape index (κ2) is 4.37. The van der Waals surface area contributed by atoms with E-state index in [0.717, 1.165) is 23.2 Å². The summed E-state index contributed by atoms with van der Waals surface area (Å²) in [5.74, 6) is 0. The van der Waals surface area contributed by atoms with Gasteiger partial charge in [-0.2, -0.15) is 5.10 Å². The van der Waals surface area contributed by atoms with Gasteiger partial charge >= 0.3 is 0 Å². The van der Waals surface area contributed by atoms with Crippen LogP contribution in [0.5, 0.6) is 0 Å². The summed E-state index contributed by atoms with van der Waals surface area (Å²) in [5, 5.41) is 14.9. The minimum absolute atomic E-state index is 0.103. The van der Waals surface area contributed by atoms with Crippen LogP contribution in [0.3, 0.4) is 0 Å². The predicted molar refractivity (Wildman–Crippen MR) is 64.7 cm³/mol. The Hall–Kier alpha value is -2.17. The van der Waals surface area contributed by atoms with Crippen molar-refractivity contribution in [3.8, 4) is 11.3 Å². The number of nitro groups is 1. The van der Waals surface area contributed by atoms with Crippen molar-refractivity contribution in [3.05, 3.63) is 46.1 Å². The van der Waals surface area contributed by atoms with Gasteiger partial charge in [0.25, 0.3) is 5.69 Å². The molecule has 0 unspecified atom stereocenters. The van der Waals surface area contributed by atoms with Crippen LogP contribution in [0.2, 0.25) is 0 Å². The van der Waals surface area contributed by atoms with Gasteiger partial charge < -0.3 is 0 Å². The Morgan fingerprint density at radius 2 is 2.24 bits per heavy atom. The molecule has 0 amide bonds. The standard InChI is InChI=1S/C12H13N3O2/c1-3-9-8-13-14(2)12(9)10-5-4-6-11(7-10)15(16)17/h4-8H,3H2,1-2H3. The van der Waals surface area contributed by atoms with Crippen LogP contribution in [0.4, 0.5) is 5.69 Å². The number of hydrogen-bond donors (Lipinski definition) is 0. The number of non-ortho nitro benzene ring substituents is 1. The summed E-state index contributed by atoms with van der Waals surface area (Å²) in [6.07, 6.45) is 2.65. The molecule has 1 heterocycles. The van der Waals surface area contributed by atoms with E-state index >= 15 is 0 Å². The monoisotopic (exact) mass is 231 g/mol. The fraction of sp³-hybridized carbons (Fsp3) is 0.250. The summed E-state index contributed by atoms with van der Waals surface area (Å²) in [6.45, 7) is 2.04. The summed E-state index contributed by atoms with van der Waals surface area (Å²) < 4.78 is 1.75. The van der Waals surface area contributed by atoms with Gasteiger partial charge in [0.15, 0.2) is 0 Å². The van der Waals surface area contributed by atoms with Gasteiger partial charge in [-0.05, 0) is 12.0 Å². The van der Waals surface area contributed by atoms with Crippen molar-refractivity contribution in [3.63, 3.8) is 0 Å². The Morgan fingerprint density at radius 1 is 1.47 bits per heavy atom. The number of aryl methyl sites for hydroxylation is 2. The number of benzene rings is 1. The molecule has 0 aliphatic heterocycles. The third-order valence-electron chi connectivity index (χ3n) is 2.73. The molecule has 0 N–H and O–H groups in total. The summed E-state index contributed by atoms with van der Waals surface area (Å²) in [7, 11) is 1.84. The lowest BCUT2D eigenvalue weighted by molar-refractivity contribution is -0.384. The van der Waals surface area contributed by atoms with Crippen molar-refractivity contribution in [2.24, 2.45) is 7.05 Å². The Balaban J connectivity index is 2.56. The van der Waals surface area contributed by atoms with E-state index in [1.54, 1.807) is 23.0 Å². The molecule has 0 fully saturated rings. The van der Waals surface area contributed by atoms with Crippen LogP contribution < -0.4 is 0 Å². The van der Waals surface area contributed by atoms with Crippen LogP contribution in [0, 0.1) is 10.1 Å². The van der Waals surface area contributed by atoms with Crippen molar-refractivity contribution < 1.29 is 4.92 Å². The fourth-order valence-corrected chi connectivity index (χ4v) is 1.88. The molecule has 0 saturated carbocycles. The van der Waals surface area contributed by atoms with E-state index in [9.17, 15) is 10.1 Å². The van der Waals surface area contributed by atoms with Gasteiger partial charge in [0, 0.05) is 24.7 Å². The molecule has 1 aromatic heterocycles. The Morgan fingerprint density at radius 3 is 2.88 bits per heavy atom. The van der Waals surface area contributed by atoms with E-state index < -0.39 is 0 Å². The smallest absolute Gasteiger partial charge is 0.268 e. The Bertz CT molecular complexity index is 561. The summed E-state index contributed by atoms with van der Waals surface area (Å²) in [4.78, 5) is 10.4. The highest BCUT2D eigenvalue weighted by Crippen LogP contribution is 2.26. The molecule has 88 valence electrons. The van der Waals surface area contributed by atoms with E-state index in [2.05, 4.69) is 5.10 Å². The van der Waals surface area contributed by atoms with Gasteiger partial charge in [0.05, 0.1) is 16.8 Å². The van der Waals surface area contributed by atoms with Crippen LogP contribution in [-0.2, 0) is 13.5 Å². The molecule has 5 heteroatoms. The van der Waals surface area contributed by atoms with Gasteiger partial charge in [0.1, 0.15) is 0 Å². The van der Waals surface area contributed by atoms with Gasteiger partial charge in [0.2, 0.25) is 0 Å². The first-order valence-corrected chi connectivity index (χ1v) is 5.39. The highest BCUT2D eigenvalue weighted by atomic mass is 16.6. The highest BCUT2D eigenvalue weighted by molar-refractivity contribution is 5.66. The van der Waals surface area contributed by atoms with E-state index in [1.165, 1.54) is 6.07 Å². The van der Waals surface area contributed by atoms with Crippen molar-refractivity contribution >= 4 is 5.69 Å². The van der Waals surface area contributed by atoms with Crippen LogP contribution in [-0.4, -0.2) is 14.7 Å². The molecular formula is C12H13N3O2. The molecule has 0 saturated heterocycles. The van der Waals surface area contributed by atoms with E-state index in [1.807, 2.05) is 20.0 Å². The van der Waals surface area contributed by atoms with Gasteiger partial charge in [-0.15, -0.1) is 0 Å². The number of aromatic nitrogens is 2. The van der Waals surface area contributed by atoms with Crippen molar-refractivity contribution in [2.45, 2.75) is 13.3 Å². The molecule has 0 aliphatic carbocycles. The van der Waals surface area contributed by atoms with E-state index in [0.29, 0.717) is 0 Å². The van der Waals surface area contributed by atoms with Crippen LogP contribution in [0.15, 0.2) is 30.5 Å². The maximum absolute atomic E-state index is 10.7. The maximum Gasteiger partial charge on any atom is 0.270 e. The minimum Gasteiger partial charge on any atom is -0.268 e. The number of nitro benzene ring substituents is 1. The fourth-order valence-electron chi connectivity index (χ4n) is 1.88. The Labute approximate surface area is 98.8 Å². The first-order chi connectivity index (χ1) is 8.13. The zero-order valence-corrected chi connectivity index (χ0v) is 9.75. The first-order valence-electron chi connectivity index (χ1n) is 5.39. The van der Waals surface area contributed by atoms with Crippen LogP contribution in [0.25, 0.3) is 11.3 Å². The molecule has 0 spiro atoms. The second-order valence-corrected chi connectivity index (χ2v) is 3.80. The molecule has 5 nitrogen and oxygen atoms in total. The summed E-state index contributed by atoms with van der Waals surface area (Å²) in [5.41, 5.74) is 2.96. The second-order valence-electron chi connectivity index (χ2n) is 3.80. The molecule has 0 atom stereocenters. The average Bonchev–Trinajstić information content (AvgIpc) is 2.70. The van der Waals surface area contributed by atoms with Crippen molar-refractivity contribution in [1.29, 1.82) is 0 Å². The molecule has 0 radical (unpaired) electrons. The highest BCUT2D eigenvalue weighted by Gasteiger charge is 2.12. The lowest BCUT2D eigenvalue weighted by Crippen LogP contribution is -1.96. The van der Waals surface area contributed by atoms with Gasteiger partial charge in [-0.25, -0.2) is 0 Å². The molecule has 0 aliphatic rings. The number of nitrogens with zero attached hydrogens (tertiary/aromatic N) is 3. The minimum atomic E-state index is -0.383. The Kier molecular flexibility index (Phi) is 2.91. The molecule has 0 bridgehead atoms. The molecule has 2 aromatic rings. The molecule has 17 heavy (non-hydrogen) atoms. The number of hydrogen-bond acceptors (Lipinski definition) is 3. The van der Waals surface area contributed by atoms with Crippen LogP contribution >= 0.6 is 0 Å². The first kappa shape index (κ1) is 11.3. The van der Waals surface area contributed by atoms with Crippen LogP contribution in [0.1, 0.15) is 12.5 Å². The quantitative estimate of drug-likeness (QED) is 0.602. The van der Waals surface area contributed by atoms with E-state index in [-0.39, 0.29) is 10.6 Å². The lowest BCUT2D eigenvalue weighted by atomic mass is 10.1.